The smallest absolute Gasteiger partial charge is 0.233 e. The van der Waals surface area contributed by atoms with Gasteiger partial charge in [-0.05, 0) is 23.4 Å². The van der Waals surface area contributed by atoms with E-state index in [1.807, 2.05) is 31.2 Å². The summed E-state index contributed by atoms with van der Waals surface area (Å²) in [6, 6.07) is 7.43. The van der Waals surface area contributed by atoms with Gasteiger partial charge in [-0.1, -0.05) is 42.4 Å². The number of carbonyl (C=O) groups excluding carboxylic acids is 1. The maximum absolute atomic E-state index is 12.3. The van der Waals surface area contributed by atoms with E-state index in [4.69, 9.17) is 17.3 Å². The van der Waals surface area contributed by atoms with Gasteiger partial charge in [0.15, 0.2) is 5.16 Å². The van der Waals surface area contributed by atoms with Gasteiger partial charge in [-0.15, -0.1) is 0 Å². The molecule has 2 heterocycles. The molecule has 5 nitrogen and oxygen atoms in total. The highest BCUT2D eigenvalue weighted by Gasteiger charge is 2.31. The van der Waals surface area contributed by atoms with Gasteiger partial charge in [0, 0.05) is 10.6 Å². The van der Waals surface area contributed by atoms with E-state index in [1.54, 1.807) is 4.90 Å². The van der Waals surface area contributed by atoms with Crippen LogP contribution in [-0.4, -0.2) is 21.6 Å². The van der Waals surface area contributed by atoms with Crippen LogP contribution in [0.3, 0.4) is 0 Å². The van der Waals surface area contributed by atoms with Crippen LogP contribution < -0.4 is 10.6 Å². The molecule has 0 aliphatic carbocycles. The van der Waals surface area contributed by atoms with Crippen LogP contribution in [0.25, 0.3) is 0 Å². The maximum Gasteiger partial charge on any atom is 0.233 e. The minimum Gasteiger partial charge on any atom is -0.383 e. The predicted octanol–water partition coefficient (Wildman–Crippen LogP) is 2.91. The monoisotopic (exact) mass is 334 g/mol. The molecule has 3 rings (SSSR count). The van der Waals surface area contributed by atoms with Crippen LogP contribution in [0.15, 0.2) is 29.4 Å². The van der Waals surface area contributed by atoms with Crippen LogP contribution in [0.2, 0.25) is 5.02 Å². The number of amides is 1. The summed E-state index contributed by atoms with van der Waals surface area (Å²) < 4.78 is 0. The van der Waals surface area contributed by atoms with E-state index >= 15 is 0 Å². The number of rotatable bonds is 4. The number of nitrogens with two attached hydrogens (primary N) is 1. The lowest BCUT2D eigenvalue weighted by atomic mass is 10.2. The summed E-state index contributed by atoms with van der Waals surface area (Å²) in [5.41, 5.74) is 7.69. The Bertz CT molecular complexity index is 720. The second kappa shape index (κ2) is 6.14. The first-order valence-corrected chi connectivity index (χ1v) is 8.29. The Labute approximate surface area is 137 Å². The third-order valence-electron chi connectivity index (χ3n) is 3.41. The molecule has 1 aromatic carbocycles. The molecule has 1 aliphatic rings. The molecule has 0 radical (unpaired) electrons. The van der Waals surface area contributed by atoms with Crippen LogP contribution in [0, 0.1) is 0 Å². The number of aromatic nitrogens is 2. The molecule has 0 fully saturated rings. The molecule has 1 amide bonds. The average Bonchev–Trinajstić information content (AvgIpc) is 2.79. The number of anilines is 2. The molecule has 1 aliphatic heterocycles. The van der Waals surface area contributed by atoms with Gasteiger partial charge in [0.2, 0.25) is 5.91 Å². The van der Waals surface area contributed by atoms with Crippen LogP contribution >= 0.6 is 23.4 Å². The van der Waals surface area contributed by atoms with E-state index in [9.17, 15) is 4.79 Å². The Kier molecular flexibility index (Phi) is 4.22. The second-order valence-electron chi connectivity index (χ2n) is 4.91. The SMILES string of the molecule is CCSc1nc(N)c2c(n1)N(Cc1ccc(Cl)cc1)C(=O)C2. The first-order valence-electron chi connectivity index (χ1n) is 6.92. The van der Waals surface area contributed by atoms with Crippen LogP contribution in [-0.2, 0) is 17.8 Å². The number of benzene rings is 1. The molecule has 0 atom stereocenters. The van der Waals surface area contributed by atoms with Gasteiger partial charge < -0.3 is 5.73 Å². The fourth-order valence-corrected chi connectivity index (χ4v) is 3.05. The maximum atomic E-state index is 12.3. The Morgan fingerprint density at radius 1 is 1.32 bits per heavy atom. The van der Waals surface area contributed by atoms with Crippen molar-refractivity contribution in [2.75, 3.05) is 16.4 Å². The highest BCUT2D eigenvalue weighted by atomic mass is 35.5. The number of fused-ring (bicyclic) bond motifs is 1. The number of thioether (sulfide) groups is 1. The molecule has 114 valence electrons. The quantitative estimate of drug-likeness (QED) is 0.687. The summed E-state index contributed by atoms with van der Waals surface area (Å²) >= 11 is 7.40. The van der Waals surface area contributed by atoms with Crippen molar-refractivity contribution in [2.45, 2.75) is 25.0 Å². The van der Waals surface area contributed by atoms with Crippen molar-refractivity contribution in [2.24, 2.45) is 0 Å². The molecular weight excluding hydrogens is 320 g/mol. The van der Waals surface area contributed by atoms with Crippen molar-refractivity contribution in [3.8, 4) is 0 Å². The fourth-order valence-electron chi connectivity index (χ4n) is 2.35. The lowest BCUT2D eigenvalue weighted by molar-refractivity contribution is -0.117. The number of hydrogen-bond acceptors (Lipinski definition) is 5. The van der Waals surface area contributed by atoms with Crippen LogP contribution in [0.5, 0.6) is 0 Å². The minimum absolute atomic E-state index is 0.00963. The zero-order valence-electron chi connectivity index (χ0n) is 12.0. The molecule has 0 spiro atoms. The number of nitrogen functional groups attached to an aromatic ring is 1. The Hall–Kier alpha value is -1.79. The number of carbonyl (C=O) groups is 1. The summed E-state index contributed by atoms with van der Waals surface area (Å²) in [5, 5.41) is 1.28. The standard InChI is InChI=1S/C15H15ClN4OS/c1-2-22-15-18-13(17)11-7-12(21)20(14(11)19-15)8-9-3-5-10(16)6-4-9/h3-6H,2,7-8H2,1H3,(H2,17,18,19). The molecule has 2 N–H and O–H groups in total. The summed E-state index contributed by atoms with van der Waals surface area (Å²) in [6.07, 6.45) is 0.256. The molecule has 0 saturated heterocycles. The Balaban J connectivity index is 1.94. The highest BCUT2D eigenvalue weighted by Crippen LogP contribution is 2.33. The van der Waals surface area contributed by atoms with E-state index in [0.717, 1.165) is 16.9 Å². The van der Waals surface area contributed by atoms with Crippen LogP contribution in [0.4, 0.5) is 11.6 Å². The second-order valence-corrected chi connectivity index (χ2v) is 6.58. The Morgan fingerprint density at radius 2 is 2.05 bits per heavy atom. The third kappa shape index (κ3) is 2.89. The summed E-state index contributed by atoms with van der Waals surface area (Å²) in [4.78, 5) is 22.7. The summed E-state index contributed by atoms with van der Waals surface area (Å²) in [7, 11) is 0. The molecular formula is C15H15ClN4OS. The third-order valence-corrected chi connectivity index (χ3v) is 4.39. The van der Waals surface area contributed by atoms with Crippen LogP contribution in [0.1, 0.15) is 18.1 Å². The normalized spacial score (nSPS) is 13.5. The summed E-state index contributed by atoms with van der Waals surface area (Å²) in [5.74, 6) is 1.87. The lowest BCUT2D eigenvalue weighted by Crippen LogP contribution is -2.26. The van der Waals surface area contributed by atoms with E-state index < -0.39 is 0 Å². The van der Waals surface area contributed by atoms with Crippen molar-refractivity contribution >= 4 is 40.9 Å². The van der Waals surface area contributed by atoms with E-state index in [0.29, 0.717) is 28.4 Å². The fraction of sp³-hybridized carbons (Fsp3) is 0.267. The molecule has 7 heteroatoms. The topological polar surface area (TPSA) is 72.1 Å². The predicted molar refractivity (Wildman–Crippen MR) is 89.2 cm³/mol. The first kappa shape index (κ1) is 15.1. The van der Waals surface area contributed by atoms with Gasteiger partial charge in [-0.2, -0.15) is 0 Å². The molecule has 0 bridgehead atoms. The molecule has 22 heavy (non-hydrogen) atoms. The number of halogens is 1. The first-order chi connectivity index (χ1) is 10.6. The van der Waals surface area contributed by atoms with Crippen molar-refractivity contribution in [3.63, 3.8) is 0 Å². The molecule has 0 unspecified atom stereocenters. The van der Waals surface area contributed by atoms with E-state index in [-0.39, 0.29) is 12.3 Å². The van der Waals surface area contributed by atoms with Gasteiger partial charge in [0.05, 0.1) is 13.0 Å². The summed E-state index contributed by atoms with van der Waals surface area (Å²) in [6.45, 7) is 2.48. The van der Waals surface area contributed by atoms with E-state index in [1.165, 1.54) is 11.8 Å². The van der Waals surface area contributed by atoms with Gasteiger partial charge >= 0.3 is 0 Å². The van der Waals surface area contributed by atoms with E-state index in [2.05, 4.69) is 9.97 Å². The average molecular weight is 335 g/mol. The minimum atomic E-state index is -0.00963. The number of hydrogen-bond donors (Lipinski definition) is 1. The molecule has 2 aromatic rings. The molecule has 0 saturated carbocycles. The molecule has 1 aromatic heterocycles. The number of nitrogens with zero attached hydrogens (tertiary/aromatic N) is 3. The largest absolute Gasteiger partial charge is 0.383 e. The van der Waals surface area contributed by atoms with Gasteiger partial charge in [0.1, 0.15) is 11.6 Å². The lowest BCUT2D eigenvalue weighted by Gasteiger charge is -2.17. The Morgan fingerprint density at radius 3 is 2.73 bits per heavy atom. The van der Waals surface area contributed by atoms with Crippen molar-refractivity contribution in [1.29, 1.82) is 0 Å². The highest BCUT2D eigenvalue weighted by molar-refractivity contribution is 7.99. The van der Waals surface area contributed by atoms with Crippen molar-refractivity contribution in [1.82, 2.24) is 9.97 Å². The van der Waals surface area contributed by atoms with Gasteiger partial charge in [-0.25, -0.2) is 9.97 Å². The van der Waals surface area contributed by atoms with Crippen molar-refractivity contribution in [3.05, 3.63) is 40.4 Å². The zero-order chi connectivity index (χ0) is 15.7. The van der Waals surface area contributed by atoms with Gasteiger partial charge in [0.25, 0.3) is 0 Å². The van der Waals surface area contributed by atoms with Gasteiger partial charge in [-0.3, -0.25) is 9.69 Å². The zero-order valence-corrected chi connectivity index (χ0v) is 13.6. The van der Waals surface area contributed by atoms with Crippen molar-refractivity contribution < 1.29 is 4.79 Å².